The van der Waals surface area contributed by atoms with Crippen LogP contribution in [-0.4, -0.2) is 61.3 Å². The number of aliphatic hydroxyl groups is 1. The molecule has 2 saturated heterocycles. The third-order valence-electron chi connectivity index (χ3n) is 5.95. The number of likely N-dealkylation sites (tertiary alicyclic amines) is 1. The normalized spacial score (nSPS) is 26.5. The summed E-state index contributed by atoms with van der Waals surface area (Å²) in [5.74, 6) is -0.146. The SMILES string of the molecule is CNC(=O)[C@@]1(C)CCCN(CC2(O)CCN(c3ccc(F)cc3)CC2)C1. The first-order chi connectivity index (χ1) is 12.3. The Bertz CT molecular complexity index is 628. The molecule has 3 rings (SSSR count). The molecule has 26 heavy (non-hydrogen) atoms. The molecule has 6 heteroatoms. The van der Waals surface area contributed by atoms with Crippen LogP contribution in [0.2, 0.25) is 0 Å². The summed E-state index contributed by atoms with van der Waals surface area (Å²) < 4.78 is 13.1. The molecule has 2 heterocycles. The predicted octanol–water partition coefficient (Wildman–Crippen LogP) is 2.01. The third kappa shape index (κ3) is 4.18. The standard InChI is InChI=1S/C20H30FN3O2/c1-19(18(25)22-2)8-3-11-23(14-19)15-20(26)9-12-24(13-10-20)17-6-4-16(21)5-7-17/h4-7,26H,3,8-15H2,1-2H3,(H,22,25)/t19-/m0/s1. The molecule has 0 aliphatic carbocycles. The van der Waals surface area contributed by atoms with Crippen molar-refractivity contribution in [3.05, 3.63) is 30.1 Å². The quantitative estimate of drug-likeness (QED) is 0.859. The van der Waals surface area contributed by atoms with Crippen LogP contribution in [0.1, 0.15) is 32.6 Å². The van der Waals surface area contributed by atoms with Gasteiger partial charge < -0.3 is 15.3 Å². The molecule has 2 aliphatic heterocycles. The second-order valence-electron chi connectivity index (χ2n) is 8.14. The fourth-order valence-electron chi connectivity index (χ4n) is 4.37. The van der Waals surface area contributed by atoms with E-state index >= 15 is 0 Å². The summed E-state index contributed by atoms with van der Waals surface area (Å²) in [5, 5.41) is 13.8. The molecule has 0 spiro atoms. The number of nitrogens with zero attached hydrogens (tertiary/aromatic N) is 2. The van der Waals surface area contributed by atoms with E-state index in [1.54, 1.807) is 19.2 Å². The lowest BCUT2D eigenvalue weighted by Crippen LogP contribution is -2.56. The van der Waals surface area contributed by atoms with Crippen LogP contribution in [-0.2, 0) is 4.79 Å². The second-order valence-corrected chi connectivity index (χ2v) is 8.14. The van der Waals surface area contributed by atoms with Crippen molar-refractivity contribution in [1.82, 2.24) is 10.2 Å². The van der Waals surface area contributed by atoms with Crippen LogP contribution in [0, 0.1) is 11.2 Å². The van der Waals surface area contributed by atoms with E-state index in [2.05, 4.69) is 15.1 Å². The lowest BCUT2D eigenvalue weighted by Gasteiger charge is -2.45. The zero-order valence-electron chi connectivity index (χ0n) is 15.8. The highest BCUT2D eigenvalue weighted by molar-refractivity contribution is 5.82. The topological polar surface area (TPSA) is 55.8 Å². The van der Waals surface area contributed by atoms with E-state index in [0.29, 0.717) is 25.9 Å². The minimum Gasteiger partial charge on any atom is -0.388 e. The van der Waals surface area contributed by atoms with Crippen molar-refractivity contribution in [2.75, 3.05) is 44.7 Å². The van der Waals surface area contributed by atoms with E-state index in [9.17, 15) is 14.3 Å². The number of hydrogen-bond donors (Lipinski definition) is 2. The fourth-order valence-corrected chi connectivity index (χ4v) is 4.37. The Morgan fingerprint density at radius 1 is 1.19 bits per heavy atom. The lowest BCUT2D eigenvalue weighted by atomic mass is 9.80. The molecule has 2 N–H and O–H groups in total. The number of β-amino-alcohol motifs (C(OH)–C–C–N with tert-alkyl or cyclic N) is 1. The van der Waals surface area contributed by atoms with Gasteiger partial charge in [-0.15, -0.1) is 0 Å². The van der Waals surface area contributed by atoms with Crippen molar-refractivity contribution < 1.29 is 14.3 Å². The van der Waals surface area contributed by atoms with Crippen molar-refractivity contribution >= 4 is 11.6 Å². The average molecular weight is 363 g/mol. The summed E-state index contributed by atoms with van der Waals surface area (Å²) in [7, 11) is 1.69. The van der Waals surface area contributed by atoms with Gasteiger partial charge in [0.05, 0.1) is 11.0 Å². The first kappa shape index (κ1) is 19.1. The van der Waals surface area contributed by atoms with Gasteiger partial charge in [-0.3, -0.25) is 9.69 Å². The van der Waals surface area contributed by atoms with Crippen molar-refractivity contribution in [3.8, 4) is 0 Å². The average Bonchev–Trinajstić information content (AvgIpc) is 2.62. The zero-order chi connectivity index (χ0) is 18.8. The molecule has 0 radical (unpaired) electrons. The Kier molecular flexibility index (Phi) is 5.53. The maximum absolute atomic E-state index is 13.1. The molecule has 1 aromatic carbocycles. The molecule has 2 fully saturated rings. The molecular formula is C20H30FN3O2. The molecule has 0 saturated carbocycles. The molecule has 1 amide bonds. The number of carbonyl (C=O) groups excluding carboxylic acids is 1. The summed E-state index contributed by atoms with van der Waals surface area (Å²) in [6, 6.07) is 6.53. The Morgan fingerprint density at radius 3 is 2.46 bits per heavy atom. The van der Waals surface area contributed by atoms with Crippen LogP contribution < -0.4 is 10.2 Å². The van der Waals surface area contributed by atoms with Crippen LogP contribution in [0.25, 0.3) is 0 Å². The van der Waals surface area contributed by atoms with Crippen molar-refractivity contribution in [2.45, 2.75) is 38.2 Å². The van der Waals surface area contributed by atoms with Gasteiger partial charge in [0, 0.05) is 38.9 Å². The van der Waals surface area contributed by atoms with E-state index in [-0.39, 0.29) is 17.1 Å². The van der Waals surface area contributed by atoms with Crippen LogP contribution in [0.4, 0.5) is 10.1 Å². The van der Waals surface area contributed by atoms with Crippen LogP contribution in [0.3, 0.4) is 0 Å². The van der Waals surface area contributed by atoms with Gasteiger partial charge in [-0.2, -0.15) is 0 Å². The molecule has 1 aromatic rings. The molecule has 0 unspecified atom stereocenters. The van der Waals surface area contributed by atoms with E-state index in [0.717, 1.165) is 38.2 Å². The highest BCUT2D eigenvalue weighted by Gasteiger charge is 2.41. The van der Waals surface area contributed by atoms with Gasteiger partial charge in [0.25, 0.3) is 0 Å². The summed E-state index contributed by atoms with van der Waals surface area (Å²) in [5.41, 5.74) is -0.103. The summed E-state index contributed by atoms with van der Waals surface area (Å²) >= 11 is 0. The first-order valence-corrected chi connectivity index (χ1v) is 9.51. The van der Waals surface area contributed by atoms with Gasteiger partial charge in [0.15, 0.2) is 0 Å². The van der Waals surface area contributed by atoms with Gasteiger partial charge in [0.2, 0.25) is 5.91 Å². The maximum atomic E-state index is 13.1. The predicted molar refractivity (Wildman–Crippen MR) is 101 cm³/mol. The Labute approximate surface area is 155 Å². The monoisotopic (exact) mass is 363 g/mol. The Hall–Kier alpha value is -1.66. The molecule has 144 valence electrons. The third-order valence-corrected chi connectivity index (χ3v) is 5.95. The van der Waals surface area contributed by atoms with Gasteiger partial charge >= 0.3 is 0 Å². The number of piperidine rings is 2. The minimum absolute atomic E-state index is 0.0836. The lowest BCUT2D eigenvalue weighted by molar-refractivity contribution is -0.134. The van der Waals surface area contributed by atoms with E-state index in [1.165, 1.54) is 12.1 Å². The van der Waals surface area contributed by atoms with Crippen LogP contribution in [0.5, 0.6) is 0 Å². The van der Waals surface area contributed by atoms with Crippen molar-refractivity contribution in [3.63, 3.8) is 0 Å². The largest absolute Gasteiger partial charge is 0.388 e. The van der Waals surface area contributed by atoms with Crippen LogP contribution >= 0.6 is 0 Å². The zero-order valence-corrected chi connectivity index (χ0v) is 15.8. The molecular weight excluding hydrogens is 333 g/mol. The number of rotatable bonds is 4. The molecule has 5 nitrogen and oxygen atoms in total. The number of halogens is 1. The second kappa shape index (κ2) is 7.53. The summed E-state index contributed by atoms with van der Waals surface area (Å²) in [6.07, 6.45) is 3.22. The highest BCUT2D eigenvalue weighted by atomic mass is 19.1. The number of nitrogens with one attached hydrogen (secondary N) is 1. The number of hydrogen-bond acceptors (Lipinski definition) is 4. The van der Waals surface area contributed by atoms with Gasteiger partial charge in [-0.05, 0) is 63.4 Å². The Morgan fingerprint density at radius 2 is 1.85 bits per heavy atom. The smallest absolute Gasteiger partial charge is 0.226 e. The fraction of sp³-hybridized carbons (Fsp3) is 0.650. The van der Waals surface area contributed by atoms with Gasteiger partial charge in [-0.25, -0.2) is 4.39 Å². The number of carbonyl (C=O) groups is 1. The first-order valence-electron chi connectivity index (χ1n) is 9.51. The molecule has 0 aromatic heterocycles. The van der Waals surface area contributed by atoms with Crippen molar-refractivity contribution in [1.29, 1.82) is 0 Å². The van der Waals surface area contributed by atoms with Gasteiger partial charge in [0.1, 0.15) is 5.82 Å². The van der Waals surface area contributed by atoms with Gasteiger partial charge in [-0.1, -0.05) is 0 Å². The highest BCUT2D eigenvalue weighted by Crippen LogP contribution is 2.33. The van der Waals surface area contributed by atoms with E-state index in [1.807, 2.05) is 6.92 Å². The van der Waals surface area contributed by atoms with E-state index < -0.39 is 5.60 Å². The molecule has 2 aliphatic rings. The molecule has 0 bridgehead atoms. The summed E-state index contributed by atoms with van der Waals surface area (Å²) in [6.45, 7) is 5.74. The Balaban J connectivity index is 1.57. The maximum Gasteiger partial charge on any atom is 0.226 e. The number of anilines is 1. The molecule has 1 atom stereocenters. The van der Waals surface area contributed by atoms with E-state index in [4.69, 9.17) is 0 Å². The number of amides is 1. The number of benzene rings is 1. The van der Waals surface area contributed by atoms with Crippen LogP contribution in [0.15, 0.2) is 24.3 Å². The minimum atomic E-state index is -0.725. The van der Waals surface area contributed by atoms with Crippen molar-refractivity contribution in [2.24, 2.45) is 5.41 Å². The summed E-state index contributed by atoms with van der Waals surface area (Å²) in [4.78, 5) is 16.6.